The van der Waals surface area contributed by atoms with Gasteiger partial charge in [-0.15, -0.1) is 0 Å². The van der Waals surface area contributed by atoms with Crippen molar-refractivity contribution in [3.63, 3.8) is 0 Å². The highest BCUT2D eigenvalue weighted by atomic mass is 79.9. The highest BCUT2D eigenvalue weighted by Crippen LogP contribution is 2.37. The molecule has 4 rings (SSSR count). The Hall–Kier alpha value is -2.53. The SMILES string of the molecule is CN1C(=O)c2ccccc2N(C)C1c1ccn(-c2ccccc2Br)c1. The fourth-order valence-electron chi connectivity index (χ4n) is 3.48. The number of halogens is 1. The van der Waals surface area contributed by atoms with E-state index in [9.17, 15) is 4.79 Å². The van der Waals surface area contributed by atoms with Crippen LogP contribution in [0.4, 0.5) is 5.69 Å². The number of hydrogen-bond acceptors (Lipinski definition) is 2. The van der Waals surface area contributed by atoms with Gasteiger partial charge in [0.15, 0.2) is 0 Å². The van der Waals surface area contributed by atoms with E-state index in [4.69, 9.17) is 0 Å². The van der Waals surface area contributed by atoms with E-state index in [1.807, 2.05) is 62.8 Å². The molecule has 0 fully saturated rings. The van der Waals surface area contributed by atoms with Crippen LogP contribution >= 0.6 is 15.9 Å². The number of amides is 1. The molecule has 5 heteroatoms. The number of aromatic nitrogens is 1. The third-order valence-corrected chi connectivity index (χ3v) is 5.38. The number of hydrogen-bond donors (Lipinski definition) is 0. The first-order valence-corrected chi connectivity index (χ1v) is 8.89. The first-order chi connectivity index (χ1) is 12.1. The van der Waals surface area contributed by atoms with Crippen LogP contribution in [-0.4, -0.2) is 29.5 Å². The molecule has 1 aromatic heterocycles. The monoisotopic (exact) mass is 395 g/mol. The maximum absolute atomic E-state index is 12.8. The van der Waals surface area contributed by atoms with Gasteiger partial charge < -0.3 is 14.4 Å². The average molecular weight is 396 g/mol. The lowest BCUT2D eigenvalue weighted by Crippen LogP contribution is -2.45. The van der Waals surface area contributed by atoms with Gasteiger partial charge in [-0.1, -0.05) is 24.3 Å². The lowest BCUT2D eigenvalue weighted by molar-refractivity contribution is 0.0711. The summed E-state index contributed by atoms with van der Waals surface area (Å²) < 4.78 is 3.11. The molecule has 0 radical (unpaired) electrons. The Kier molecular flexibility index (Phi) is 3.88. The highest BCUT2D eigenvalue weighted by Gasteiger charge is 2.34. The molecule has 0 N–H and O–H groups in total. The number of benzene rings is 2. The van der Waals surface area contributed by atoms with Gasteiger partial charge in [-0.3, -0.25) is 4.79 Å². The van der Waals surface area contributed by atoms with Crippen LogP contribution in [0.5, 0.6) is 0 Å². The van der Waals surface area contributed by atoms with Crippen LogP contribution in [0.1, 0.15) is 22.1 Å². The molecule has 2 aromatic carbocycles. The number of fused-ring (bicyclic) bond motifs is 1. The quantitative estimate of drug-likeness (QED) is 0.640. The highest BCUT2D eigenvalue weighted by molar-refractivity contribution is 9.10. The minimum atomic E-state index is -0.133. The van der Waals surface area contributed by atoms with E-state index >= 15 is 0 Å². The Morgan fingerprint density at radius 3 is 2.32 bits per heavy atom. The zero-order chi connectivity index (χ0) is 17.6. The molecular formula is C20H18BrN3O. The van der Waals surface area contributed by atoms with Gasteiger partial charge in [0.1, 0.15) is 6.17 Å². The van der Waals surface area contributed by atoms with Crippen LogP contribution in [-0.2, 0) is 0 Å². The molecule has 1 amide bonds. The summed E-state index contributed by atoms with van der Waals surface area (Å²) in [5.41, 5.74) is 3.85. The first-order valence-electron chi connectivity index (χ1n) is 8.10. The van der Waals surface area contributed by atoms with E-state index < -0.39 is 0 Å². The van der Waals surface area contributed by atoms with Crippen LogP contribution in [0.15, 0.2) is 71.5 Å². The van der Waals surface area contributed by atoms with Gasteiger partial charge in [0.2, 0.25) is 0 Å². The molecule has 1 atom stereocenters. The summed E-state index contributed by atoms with van der Waals surface area (Å²) >= 11 is 3.60. The van der Waals surface area contributed by atoms with Gasteiger partial charge in [-0.05, 0) is 46.3 Å². The Morgan fingerprint density at radius 2 is 1.56 bits per heavy atom. The molecular weight excluding hydrogens is 378 g/mol. The minimum absolute atomic E-state index is 0.0485. The van der Waals surface area contributed by atoms with Gasteiger partial charge in [0.05, 0.1) is 16.9 Å². The summed E-state index contributed by atoms with van der Waals surface area (Å²) in [4.78, 5) is 16.7. The maximum atomic E-state index is 12.8. The summed E-state index contributed by atoms with van der Waals surface area (Å²) in [6.45, 7) is 0. The number of anilines is 1. The van der Waals surface area contributed by atoms with E-state index in [0.717, 1.165) is 27.0 Å². The Morgan fingerprint density at radius 1 is 0.880 bits per heavy atom. The molecule has 1 unspecified atom stereocenters. The Balaban J connectivity index is 1.76. The first kappa shape index (κ1) is 16.0. The summed E-state index contributed by atoms with van der Waals surface area (Å²) in [5, 5.41) is 0. The molecule has 0 aliphatic carbocycles. The smallest absolute Gasteiger partial charge is 0.257 e. The van der Waals surface area contributed by atoms with Crippen molar-refractivity contribution in [3.8, 4) is 5.69 Å². The predicted molar refractivity (Wildman–Crippen MR) is 103 cm³/mol. The Labute approximate surface area is 155 Å². The van der Waals surface area contributed by atoms with Crippen LogP contribution in [0.3, 0.4) is 0 Å². The standard InChI is InChI=1S/C20H18BrN3O/c1-22-17-9-5-3-7-15(17)20(25)23(2)19(22)14-11-12-24(13-14)18-10-6-4-8-16(18)21/h3-13,19H,1-2H3. The van der Waals surface area contributed by atoms with Crippen molar-refractivity contribution in [1.82, 2.24) is 9.47 Å². The van der Waals surface area contributed by atoms with Crippen molar-refractivity contribution in [2.75, 3.05) is 19.0 Å². The summed E-state index contributed by atoms with van der Waals surface area (Å²) in [5.74, 6) is 0.0485. The summed E-state index contributed by atoms with van der Waals surface area (Å²) in [6, 6.07) is 17.9. The van der Waals surface area contributed by atoms with E-state index in [2.05, 4.69) is 43.7 Å². The van der Waals surface area contributed by atoms with Crippen LogP contribution in [0.2, 0.25) is 0 Å². The lowest BCUT2D eigenvalue weighted by Gasteiger charge is -2.41. The molecule has 1 aliphatic rings. The third kappa shape index (κ3) is 2.55. The van der Waals surface area contributed by atoms with Gasteiger partial charge in [-0.2, -0.15) is 0 Å². The van der Waals surface area contributed by atoms with Crippen LogP contribution < -0.4 is 4.90 Å². The van der Waals surface area contributed by atoms with Crippen molar-refractivity contribution in [2.45, 2.75) is 6.17 Å². The van der Waals surface area contributed by atoms with Crippen LogP contribution in [0.25, 0.3) is 5.69 Å². The second-order valence-electron chi connectivity index (χ2n) is 6.22. The van der Waals surface area contributed by atoms with Crippen molar-refractivity contribution in [3.05, 3.63) is 82.6 Å². The van der Waals surface area contributed by atoms with Gasteiger partial charge >= 0.3 is 0 Å². The predicted octanol–water partition coefficient (Wildman–Crippen LogP) is 4.46. The Bertz CT molecular complexity index is 949. The average Bonchev–Trinajstić information content (AvgIpc) is 3.10. The maximum Gasteiger partial charge on any atom is 0.257 e. The molecule has 1 aliphatic heterocycles. The minimum Gasteiger partial charge on any atom is -0.350 e. The number of nitrogens with zero attached hydrogens (tertiary/aromatic N) is 3. The largest absolute Gasteiger partial charge is 0.350 e. The zero-order valence-corrected chi connectivity index (χ0v) is 15.6. The third-order valence-electron chi connectivity index (χ3n) is 4.71. The second-order valence-corrected chi connectivity index (χ2v) is 7.08. The molecule has 4 nitrogen and oxygen atoms in total. The molecule has 0 saturated heterocycles. The zero-order valence-electron chi connectivity index (χ0n) is 14.1. The topological polar surface area (TPSA) is 28.5 Å². The van der Waals surface area contributed by atoms with Crippen molar-refractivity contribution in [1.29, 1.82) is 0 Å². The molecule has 0 spiro atoms. The van der Waals surface area contributed by atoms with Gasteiger partial charge in [0, 0.05) is 36.5 Å². The van der Waals surface area contributed by atoms with E-state index in [-0.39, 0.29) is 12.1 Å². The van der Waals surface area contributed by atoms with Crippen molar-refractivity contribution < 1.29 is 4.79 Å². The van der Waals surface area contributed by atoms with E-state index in [1.165, 1.54) is 0 Å². The summed E-state index contributed by atoms with van der Waals surface area (Å²) in [6.07, 6.45) is 3.98. The molecule has 2 heterocycles. The lowest BCUT2D eigenvalue weighted by atomic mass is 10.0. The number of rotatable bonds is 2. The normalized spacial score (nSPS) is 16.9. The van der Waals surface area contributed by atoms with Gasteiger partial charge in [-0.25, -0.2) is 0 Å². The molecule has 0 bridgehead atoms. The van der Waals surface area contributed by atoms with Crippen LogP contribution in [0, 0.1) is 0 Å². The molecule has 0 saturated carbocycles. The van der Waals surface area contributed by atoms with Crippen molar-refractivity contribution >= 4 is 27.5 Å². The van der Waals surface area contributed by atoms with E-state index in [1.54, 1.807) is 4.90 Å². The number of carbonyl (C=O) groups excluding carboxylic acids is 1. The number of carbonyl (C=O) groups is 1. The van der Waals surface area contributed by atoms with Gasteiger partial charge in [0.25, 0.3) is 5.91 Å². The summed E-state index contributed by atoms with van der Waals surface area (Å²) in [7, 11) is 3.89. The number of para-hydroxylation sites is 2. The second kappa shape index (κ2) is 6.08. The van der Waals surface area contributed by atoms with E-state index in [0.29, 0.717) is 0 Å². The fourth-order valence-corrected chi connectivity index (χ4v) is 3.97. The fraction of sp³-hybridized carbons (Fsp3) is 0.150. The van der Waals surface area contributed by atoms with Crippen molar-refractivity contribution in [2.24, 2.45) is 0 Å². The molecule has 25 heavy (non-hydrogen) atoms. The molecule has 126 valence electrons. The molecule has 3 aromatic rings.